The molecule has 1 aromatic rings. The van der Waals surface area contributed by atoms with Crippen LogP contribution in [0.15, 0.2) is 11.1 Å². The fourth-order valence-corrected chi connectivity index (χ4v) is 5.93. The summed E-state index contributed by atoms with van der Waals surface area (Å²) in [5.41, 5.74) is 8.07. The highest BCUT2D eigenvalue weighted by Gasteiger charge is 2.36. The minimum Gasteiger partial charge on any atom is -0.481 e. The molecule has 4 nitrogen and oxygen atoms in total. The molecular weight excluding hydrogens is 360 g/mol. The van der Waals surface area contributed by atoms with Crippen LogP contribution in [-0.2, 0) is 17.6 Å². The molecule has 3 atom stereocenters. The van der Waals surface area contributed by atoms with Gasteiger partial charge in [-0.1, -0.05) is 26.2 Å². The van der Waals surface area contributed by atoms with Crippen LogP contribution in [-0.4, -0.2) is 28.3 Å². The van der Waals surface area contributed by atoms with Crippen LogP contribution in [0.4, 0.5) is 0 Å². The minimum atomic E-state index is -0.717. The number of aliphatic imine (C=N–C) groups is 1. The molecular formula is C25H34N2O2. The Balaban J connectivity index is 1.91. The molecule has 4 heteroatoms. The Kier molecular flexibility index (Phi) is 5.89. The maximum Gasteiger partial charge on any atom is 0.311 e. The molecule has 4 rings (SSSR count). The molecule has 0 bridgehead atoms. The van der Waals surface area contributed by atoms with E-state index in [-0.39, 0.29) is 0 Å². The third kappa shape index (κ3) is 3.91. The van der Waals surface area contributed by atoms with E-state index < -0.39 is 11.9 Å². The molecule has 3 unspecified atom stereocenters. The van der Waals surface area contributed by atoms with Crippen molar-refractivity contribution in [3.8, 4) is 0 Å². The Bertz CT molecular complexity index is 868. The molecule has 1 fully saturated rings. The third-order valence-electron chi connectivity index (χ3n) is 7.27. The largest absolute Gasteiger partial charge is 0.481 e. The van der Waals surface area contributed by atoms with Gasteiger partial charge in [0.25, 0.3) is 0 Å². The lowest BCUT2D eigenvalue weighted by atomic mass is 9.67. The summed E-state index contributed by atoms with van der Waals surface area (Å²) < 4.78 is 0. The van der Waals surface area contributed by atoms with Crippen LogP contribution in [0.1, 0.15) is 92.8 Å². The molecule has 0 aromatic carbocycles. The average molecular weight is 395 g/mol. The Morgan fingerprint density at radius 3 is 2.59 bits per heavy atom. The fraction of sp³-hybridized carbons (Fsp3) is 0.640. The number of aromatic nitrogens is 1. The van der Waals surface area contributed by atoms with Gasteiger partial charge in [0.1, 0.15) is 0 Å². The van der Waals surface area contributed by atoms with Crippen LogP contribution in [0.25, 0.3) is 5.57 Å². The number of allylic oxidation sites excluding steroid dienone is 1. The molecule has 0 amide bonds. The van der Waals surface area contributed by atoms with Gasteiger partial charge in [0.05, 0.1) is 5.92 Å². The summed E-state index contributed by atoms with van der Waals surface area (Å²) in [5, 5.41) is 10.1. The number of carboxylic acid groups (broad SMARTS) is 1. The number of aliphatic carboxylic acids is 1. The summed E-state index contributed by atoms with van der Waals surface area (Å²) in [6, 6.07) is 0. The number of aryl methyl sites for hydroxylation is 1. The van der Waals surface area contributed by atoms with Gasteiger partial charge in [-0.3, -0.25) is 14.8 Å². The summed E-state index contributed by atoms with van der Waals surface area (Å²) >= 11 is 0. The second-order valence-electron chi connectivity index (χ2n) is 9.25. The first-order valence-electron chi connectivity index (χ1n) is 11.5. The monoisotopic (exact) mass is 394 g/mol. The first-order valence-corrected chi connectivity index (χ1v) is 11.5. The first-order chi connectivity index (χ1) is 14.0. The lowest BCUT2D eigenvalue weighted by Crippen LogP contribution is -2.31. The lowest BCUT2D eigenvalue weighted by Gasteiger charge is -2.38. The van der Waals surface area contributed by atoms with E-state index in [0.717, 1.165) is 61.0 Å². The number of hydrogen-bond acceptors (Lipinski definition) is 3. The van der Waals surface area contributed by atoms with E-state index in [4.69, 9.17) is 4.98 Å². The zero-order chi connectivity index (χ0) is 20.5. The average Bonchev–Trinajstić information content (AvgIpc) is 2.70. The topological polar surface area (TPSA) is 62.5 Å². The van der Waals surface area contributed by atoms with Gasteiger partial charge in [0.2, 0.25) is 0 Å². The lowest BCUT2D eigenvalue weighted by molar-refractivity contribution is -0.139. The van der Waals surface area contributed by atoms with Gasteiger partial charge in [-0.2, -0.15) is 0 Å². The van der Waals surface area contributed by atoms with Gasteiger partial charge in [-0.25, -0.2) is 0 Å². The Morgan fingerprint density at radius 1 is 1.21 bits per heavy atom. The highest BCUT2D eigenvalue weighted by atomic mass is 16.4. The number of hydrogen-bond donors (Lipinski definition) is 1. The van der Waals surface area contributed by atoms with E-state index in [1.54, 1.807) is 0 Å². The first kappa shape index (κ1) is 20.3. The van der Waals surface area contributed by atoms with Crippen molar-refractivity contribution in [2.24, 2.45) is 16.8 Å². The summed E-state index contributed by atoms with van der Waals surface area (Å²) in [4.78, 5) is 21.9. The quantitative estimate of drug-likeness (QED) is 0.716. The second-order valence-corrected chi connectivity index (χ2v) is 9.25. The zero-order valence-corrected chi connectivity index (χ0v) is 18.1. The van der Waals surface area contributed by atoms with Crippen LogP contribution >= 0.6 is 0 Å². The van der Waals surface area contributed by atoms with E-state index in [0.29, 0.717) is 6.42 Å². The maximum atomic E-state index is 12.3. The molecule has 1 aromatic heterocycles. The molecule has 0 saturated heterocycles. The van der Waals surface area contributed by atoms with Crippen molar-refractivity contribution in [3.63, 3.8) is 0 Å². The van der Waals surface area contributed by atoms with Crippen molar-refractivity contribution >= 4 is 17.3 Å². The van der Waals surface area contributed by atoms with Gasteiger partial charge >= 0.3 is 5.97 Å². The number of carboxylic acids is 1. The van der Waals surface area contributed by atoms with Crippen LogP contribution < -0.4 is 0 Å². The number of rotatable bonds is 5. The van der Waals surface area contributed by atoms with E-state index in [9.17, 15) is 9.90 Å². The third-order valence-corrected chi connectivity index (χ3v) is 7.27. The number of nitrogens with zero attached hydrogens (tertiary/aromatic N) is 2. The van der Waals surface area contributed by atoms with Crippen LogP contribution in [0.3, 0.4) is 0 Å². The zero-order valence-electron chi connectivity index (χ0n) is 18.1. The highest BCUT2D eigenvalue weighted by molar-refractivity contribution is 6.01. The standard InChI is InChI=1S/C25H34N2O2/c1-4-7-20(25(28)29)23-16(3)27-22-14-18-9-6-5-8-17(18)13-21(22)24(23)19-10-11-26-15(2)12-19/h12,17-18,20H,4-11,13-14H2,1-3H3,(H,28,29). The Labute approximate surface area is 174 Å². The predicted octanol–water partition coefficient (Wildman–Crippen LogP) is 5.51. The molecule has 0 spiro atoms. The predicted molar refractivity (Wildman–Crippen MR) is 118 cm³/mol. The van der Waals surface area contributed by atoms with Gasteiger partial charge in [0.15, 0.2) is 0 Å². The summed E-state index contributed by atoms with van der Waals surface area (Å²) in [6.45, 7) is 6.95. The number of carbonyl (C=O) groups is 1. The molecule has 1 aliphatic heterocycles. The van der Waals surface area contributed by atoms with E-state index in [2.05, 4.69) is 24.9 Å². The maximum absolute atomic E-state index is 12.3. The van der Waals surface area contributed by atoms with Crippen molar-refractivity contribution in [3.05, 3.63) is 34.2 Å². The van der Waals surface area contributed by atoms with Crippen LogP contribution in [0.5, 0.6) is 0 Å². The van der Waals surface area contributed by atoms with Crippen molar-refractivity contribution in [2.45, 2.75) is 84.5 Å². The minimum absolute atomic E-state index is 0.475. The normalized spacial score (nSPS) is 24.8. The SMILES string of the molecule is CCCC(C(=O)O)c1c(C)nc2c(c1C1=CC(C)=NCC1)CC1CCCCC1C2. The molecule has 3 aliphatic rings. The van der Waals surface area contributed by atoms with Gasteiger partial charge in [-0.15, -0.1) is 0 Å². The summed E-state index contributed by atoms with van der Waals surface area (Å²) in [7, 11) is 0. The van der Waals surface area contributed by atoms with Gasteiger partial charge in [-0.05, 0) is 92.5 Å². The van der Waals surface area contributed by atoms with E-state index in [1.807, 2.05) is 6.92 Å². The van der Waals surface area contributed by atoms with Crippen molar-refractivity contribution in [1.29, 1.82) is 0 Å². The Hall–Kier alpha value is -1.97. The van der Waals surface area contributed by atoms with Gasteiger partial charge in [0, 0.05) is 23.6 Å². The number of fused-ring (bicyclic) bond motifs is 2. The van der Waals surface area contributed by atoms with Crippen molar-refractivity contribution in [2.75, 3.05) is 6.54 Å². The fourth-order valence-electron chi connectivity index (χ4n) is 5.93. The summed E-state index contributed by atoms with van der Waals surface area (Å²) in [5.74, 6) is 0.306. The van der Waals surface area contributed by atoms with Crippen molar-refractivity contribution in [1.82, 2.24) is 4.98 Å². The molecule has 1 saturated carbocycles. The second kappa shape index (κ2) is 8.41. The van der Waals surface area contributed by atoms with Crippen molar-refractivity contribution < 1.29 is 9.90 Å². The molecule has 2 aliphatic carbocycles. The van der Waals surface area contributed by atoms with E-state index >= 15 is 0 Å². The highest BCUT2D eigenvalue weighted by Crippen LogP contribution is 2.45. The van der Waals surface area contributed by atoms with Crippen LogP contribution in [0.2, 0.25) is 0 Å². The molecule has 1 N–H and O–H groups in total. The summed E-state index contributed by atoms with van der Waals surface area (Å²) in [6.07, 6.45) is 12.1. The smallest absolute Gasteiger partial charge is 0.311 e. The van der Waals surface area contributed by atoms with E-state index in [1.165, 1.54) is 48.1 Å². The van der Waals surface area contributed by atoms with Gasteiger partial charge < -0.3 is 5.11 Å². The number of dihydropyridines is 1. The molecule has 0 radical (unpaired) electrons. The molecule has 2 heterocycles. The number of pyridine rings is 1. The Morgan fingerprint density at radius 2 is 1.93 bits per heavy atom. The molecule has 29 heavy (non-hydrogen) atoms. The van der Waals surface area contributed by atoms with Crippen LogP contribution in [0, 0.1) is 18.8 Å². The molecule has 156 valence electrons.